The van der Waals surface area contributed by atoms with Crippen LogP contribution in [0.3, 0.4) is 0 Å². The Morgan fingerprint density at radius 3 is 2.60 bits per heavy atom. The maximum Gasteiger partial charge on any atom is 0.238 e. The number of methoxy groups -OCH3 is 1. The fraction of sp³-hybridized carbons (Fsp3) is 0.500. The summed E-state index contributed by atoms with van der Waals surface area (Å²) in [6, 6.07) is 4.22. The van der Waals surface area contributed by atoms with Crippen LogP contribution in [0.4, 0.5) is 11.4 Å². The van der Waals surface area contributed by atoms with E-state index in [1.807, 2.05) is 0 Å². The first kappa shape index (κ1) is 16.7. The van der Waals surface area contributed by atoms with Gasteiger partial charge in [-0.1, -0.05) is 0 Å². The lowest BCUT2D eigenvalue weighted by Gasteiger charge is -2.24. The molecule has 0 heterocycles. The molecule has 6 N–H and O–H groups in total. The number of nitrogens with two attached hydrogens (primary N) is 2. The number of anilines is 2. The van der Waals surface area contributed by atoms with Gasteiger partial charge in [0.1, 0.15) is 0 Å². The molecule has 1 aromatic rings. The van der Waals surface area contributed by atoms with E-state index in [0.29, 0.717) is 18.7 Å². The standard InChI is InChI=1S/C12H21N3O4S/c1-12(16,3-4-19-2)8-15-10-5-9(13)6-11(7-10)20(14,17)18/h5-7,15-16H,3-4,8,13H2,1-2H3,(H2,14,17,18). The molecule has 1 unspecified atom stereocenters. The van der Waals surface area contributed by atoms with Crippen LogP contribution in [0.25, 0.3) is 0 Å². The number of rotatable bonds is 7. The Labute approximate surface area is 119 Å². The minimum Gasteiger partial charge on any atom is -0.399 e. The van der Waals surface area contributed by atoms with Crippen molar-refractivity contribution in [3.8, 4) is 0 Å². The Morgan fingerprint density at radius 1 is 1.40 bits per heavy atom. The Kier molecular flexibility index (Phi) is 5.35. The molecule has 114 valence electrons. The fourth-order valence-corrected chi connectivity index (χ4v) is 2.18. The van der Waals surface area contributed by atoms with Gasteiger partial charge in [0.15, 0.2) is 0 Å². The van der Waals surface area contributed by atoms with Crippen molar-refractivity contribution in [2.24, 2.45) is 5.14 Å². The van der Waals surface area contributed by atoms with Crippen LogP contribution in [0.1, 0.15) is 13.3 Å². The molecule has 8 heteroatoms. The highest BCUT2D eigenvalue weighted by molar-refractivity contribution is 7.89. The van der Waals surface area contributed by atoms with Crippen molar-refractivity contribution in [1.29, 1.82) is 0 Å². The molecule has 0 aromatic heterocycles. The molecule has 0 radical (unpaired) electrons. The minimum absolute atomic E-state index is 0.0727. The Bertz CT molecular complexity index is 558. The van der Waals surface area contributed by atoms with Crippen molar-refractivity contribution >= 4 is 21.4 Å². The maximum atomic E-state index is 11.3. The topological polar surface area (TPSA) is 128 Å². The van der Waals surface area contributed by atoms with Crippen molar-refractivity contribution in [2.45, 2.75) is 23.8 Å². The van der Waals surface area contributed by atoms with E-state index in [1.54, 1.807) is 20.1 Å². The fourth-order valence-electron chi connectivity index (χ4n) is 1.59. The van der Waals surface area contributed by atoms with Gasteiger partial charge in [0.2, 0.25) is 10.0 Å². The molecular weight excluding hydrogens is 282 g/mol. The Hall–Kier alpha value is -1.35. The second-order valence-corrected chi connectivity index (χ2v) is 6.49. The number of benzene rings is 1. The molecule has 0 aliphatic heterocycles. The summed E-state index contributed by atoms with van der Waals surface area (Å²) in [5, 5.41) is 18.1. The summed E-state index contributed by atoms with van der Waals surface area (Å²) in [5.41, 5.74) is 5.40. The number of ether oxygens (including phenoxy) is 1. The minimum atomic E-state index is -3.82. The van der Waals surface area contributed by atoms with Gasteiger partial charge in [0, 0.05) is 38.1 Å². The van der Waals surface area contributed by atoms with Crippen molar-refractivity contribution < 1.29 is 18.3 Å². The number of hydrogen-bond acceptors (Lipinski definition) is 6. The number of primary sulfonamides is 1. The summed E-state index contributed by atoms with van der Waals surface area (Å²) in [6.45, 7) is 2.31. The van der Waals surface area contributed by atoms with Gasteiger partial charge < -0.3 is 20.9 Å². The number of nitrogens with one attached hydrogen (secondary N) is 1. The highest BCUT2D eigenvalue weighted by Crippen LogP contribution is 2.20. The zero-order valence-corrected chi connectivity index (χ0v) is 12.4. The van der Waals surface area contributed by atoms with Crippen molar-refractivity contribution in [3.63, 3.8) is 0 Å². The third-order valence-electron chi connectivity index (χ3n) is 2.78. The molecule has 7 nitrogen and oxygen atoms in total. The molecule has 0 saturated carbocycles. The van der Waals surface area contributed by atoms with Gasteiger partial charge in [0.25, 0.3) is 0 Å². The van der Waals surface area contributed by atoms with E-state index < -0.39 is 15.6 Å². The molecule has 0 aliphatic carbocycles. The first-order valence-electron chi connectivity index (χ1n) is 6.03. The van der Waals surface area contributed by atoms with Crippen molar-refractivity contribution in [3.05, 3.63) is 18.2 Å². The second kappa shape index (κ2) is 6.40. The van der Waals surface area contributed by atoms with Gasteiger partial charge in [0.05, 0.1) is 10.5 Å². The predicted octanol–water partition coefficient (Wildman–Crippen LogP) is 0.116. The van der Waals surface area contributed by atoms with E-state index in [0.717, 1.165) is 0 Å². The zero-order valence-electron chi connectivity index (χ0n) is 11.6. The Morgan fingerprint density at radius 2 is 2.05 bits per heavy atom. The van der Waals surface area contributed by atoms with Gasteiger partial charge in [-0.05, 0) is 25.1 Å². The number of sulfonamides is 1. The van der Waals surface area contributed by atoms with E-state index in [1.165, 1.54) is 12.1 Å². The van der Waals surface area contributed by atoms with E-state index in [9.17, 15) is 13.5 Å². The van der Waals surface area contributed by atoms with Crippen molar-refractivity contribution in [2.75, 3.05) is 31.3 Å². The summed E-state index contributed by atoms with van der Waals surface area (Å²) in [4.78, 5) is -0.0727. The largest absolute Gasteiger partial charge is 0.399 e. The molecule has 1 atom stereocenters. The van der Waals surface area contributed by atoms with Crippen LogP contribution in [0.2, 0.25) is 0 Å². The van der Waals surface area contributed by atoms with Crippen LogP contribution < -0.4 is 16.2 Å². The molecule has 20 heavy (non-hydrogen) atoms. The van der Waals surface area contributed by atoms with Gasteiger partial charge in [-0.2, -0.15) is 0 Å². The average Bonchev–Trinajstić information content (AvgIpc) is 2.32. The monoisotopic (exact) mass is 303 g/mol. The molecule has 0 saturated heterocycles. The third kappa shape index (κ3) is 5.33. The summed E-state index contributed by atoms with van der Waals surface area (Å²) >= 11 is 0. The predicted molar refractivity (Wildman–Crippen MR) is 77.8 cm³/mol. The van der Waals surface area contributed by atoms with Crippen molar-refractivity contribution in [1.82, 2.24) is 0 Å². The molecule has 0 amide bonds. The van der Waals surface area contributed by atoms with Crippen LogP contribution in [0.5, 0.6) is 0 Å². The first-order chi connectivity index (χ1) is 9.14. The number of hydrogen-bond donors (Lipinski definition) is 4. The summed E-state index contributed by atoms with van der Waals surface area (Å²) in [5.74, 6) is 0. The molecule has 1 rings (SSSR count). The smallest absolute Gasteiger partial charge is 0.238 e. The molecule has 0 spiro atoms. The third-order valence-corrected chi connectivity index (χ3v) is 3.67. The summed E-state index contributed by atoms with van der Waals surface area (Å²) in [7, 11) is -2.26. The molecule has 0 bridgehead atoms. The van der Waals surface area contributed by atoms with E-state index in [2.05, 4.69) is 5.32 Å². The lowest BCUT2D eigenvalue weighted by molar-refractivity contribution is 0.0357. The molecule has 0 fully saturated rings. The van der Waals surface area contributed by atoms with Crippen LogP contribution >= 0.6 is 0 Å². The first-order valence-corrected chi connectivity index (χ1v) is 7.57. The van der Waals surface area contributed by atoms with Crippen LogP contribution in [-0.4, -0.2) is 39.4 Å². The van der Waals surface area contributed by atoms with E-state index in [-0.39, 0.29) is 17.1 Å². The number of aliphatic hydroxyl groups is 1. The molecule has 0 aliphatic rings. The lowest BCUT2D eigenvalue weighted by Crippen LogP contribution is -2.34. The van der Waals surface area contributed by atoms with Gasteiger partial charge in [-0.15, -0.1) is 0 Å². The highest BCUT2D eigenvalue weighted by Gasteiger charge is 2.20. The Balaban J connectivity index is 2.81. The van der Waals surface area contributed by atoms with Gasteiger partial charge >= 0.3 is 0 Å². The zero-order chi connectivity index (χ0) is 15.4. The van der Waals surface area contributed by atoms with Gasteiger partial charge in [-0.3, -0.25) is 0 Å². The highest BCUT2D eigenvalue weighted by atomic mass is 32.2. The number of nitrogen functional groups attached to an aromatic ring is 1. The summed E-state index contributed by atoms with van der Waals surface area (Å²) < 4.78 is 27.5. The normalized spacial score (nSPS) is 14.8. The summed E-state index contributed by atoms with van der Waals surface area (Å²) in [6.07, 6.45) is 0.445. The maximum absolute atomic E-state index is 11.3. The SMILES string of the molecule is COCCC(C)(O)CNc1cc(N)cc(S(N)(=O)=O)c1. The molecule has 1 aromatic carbocycles. The average molecular weight is 303 g/mol. The van der Waals surface area contributed by atoms with Crippen LogP contribution in [0, 0.1) is 0 Å². The van der Waals surface area contributed by atoms with Crippen LogP contribution in [-0.2, 0) is 14.8 Å². The van der Waals surface area contributed by atoms with E-state index in [4.69, 9.17) is 15.6 Å². The lowest BCUT2D eigenvalue weighted by atomic mass is 10.0. The van der Waals surface area contributed by atoms with E-state index >= 15 is 0 Å². The second-order valence-electron chi connectivity index (χ2n) is 4.93. The van der Waals surface area contributed by atoms with Crippen LogP contribution in [0.15, 0.2) is 23.1 Å². The molecular formula is C12H21N3O4S. The quantitative estimate of drug-likeness (QED) is 0.530. The van der Waals surface area contributed by atoms with Gasteiger partial charge in [-0.25, -0.2) is 13.6 Å².